The van der Waals surface area contributed by atoms with E-state index in [1.54, 1.807) is 0 Å². The van der Waals surface area contributed by atoms with Gasteiger partial charge in [0.1, 0.15) is 0 Å². The van der Waals surface area contributed by atoms with Gasteiger partial charge >= 0.3 is 21.1 Å². The van der Waals surface area contributed by atoms with E-state index in [4.69, 9.17) is 20.0 Å². The van der Waals surface area contributed by atoms with Gasteiger partial charge in [0.25, 0.3) is 0 Å². The van der Waals surface area contributed by atoms with Crippen LogP contribution in [-0.4, -0.2) is 52.6 Å². The van der Waals surface area contributed by atoms with Gasteiger partial charge in [0, 0.05) is 26.4 Å². The molecule has 6 nitrogen and oxygen atoms in total. The van der Waals surface area contributed by atoms with Gasteiger partial charge in [-0.3, -0.25) is 0 Å². The molecule has 0 unspecified atom stereocenters. The van der Waals surface area contributed by atoms with Gasteiger partial charge in [0.15, 0.2) is 0 Å². The van der Waals surface area contributed by atoms with E-state index in [9.17, 15) is 0 Å². The van der Waals surface area contributed by atoms with Gasteiger partial charge in [0.2, 0.25) is 0 Å². The quantitative estimate of drug-likeness (QED) is 0.374. The molecule has 0 aromatic heterocycles. The van der Waals surface area contributed by atoms with Crippen LogP contribution in [0.2, 0.25) is 0 Å². The summed E-state index contributed by atoms with van der Waals surface area (Å²) in [6.45, 7) is 6.94. The molecule has 0 bridgehead atoms. The first-order chi connectivity index (χ1) is 8.83. The fourth-order valence-electron chi connectivity index (χ4n) is 0.944. The van der Waals surface area contributed by atoms with E-state index in [-0.39, 0.29) is 21.1 Å². The average molecular weight is 483 g/mol. The third kappa shape index (κ3) is 32.0. The monoisotopic (exact) mass is 483 g/mol. The predicted octanol–water partition coefficient (Wildman–Crippen LogP) is 0.807. The van der Waals surface area contributed by atoms with Crippen LogP contribution < -0.4 is 0 Å². The summed E-state index contributed by atoms with van der Waals surface area (Å²) < 4.78 is 9.95. The van der Waals surface area contributed by atoms with Crippen LogP contribution in [0.1, 0.15) is 0 Å². The Morgan fingerprint density at radius 2 is 0.947 bits per heavy atom. The number of morpholine rings is 2. The zero-order valence-corrected chi connectivity index (χ0v) is 14.3. The molecule has 0 aromatic rings. The van der Waals surface area contributed by atoms with Gasteiger partial charge in [-0.25, -0.2) is 10.5 Å². The summed E-state index contributed by atoms with van der Waals surface area (Å²) in [6, 6.07) is 0. The van der Waals surface area contributed by atoms with Crippen LogP contribution in [0.4, 0.5) is 0 Å². The molecule has 2 fully saturated rings. The molecule has 2 aliphatic rings. The number of rotatable bonds is 0. The predicted molar refractivity (Wildman–Crippen MR) is 73.8 cm³/mol. The Hall–Kier alpha value is -0.0517. The number of hydrogen-bond donors (Lipinski definition) is 0. The first-order valence-corrected chi connectivity index (χ1v) is 6.09. The van der Waals surface area contributed by atoms with Crippen molar-refractivity contribution in [1.29, 1.82) is 10.5 Å². The standard InChI is InChI=1S/2C4H8NO.2CHNS.Pt/c2*1-3-6-4-2-5-1;2*2-1-3;/h2*1-4H2;2*3H;/q2*-1;;;+4/p-2. The number of thiocyanates is 2. The van der Waals surface area contributed by atoms with Crippen molar-refractivity contribution < 1.29 is 30.5 Å². The van der Waals surface area contributed by atoms with Crippen LogP contribution in [0, 0.1) is 21.3 Å². The first-order valence-electron chi connectivity index (χ1n) is 5.28. The maximum absolute atomic E-state index is 7.13. The van der Waals surface area contributed by atoms with E-state index in [1.165, 1.54) is 10.8 Å². The van der Waals surface area contributed by atoms with Crippen molar-refractivity contribution in [3.63, 3.8) is 0 Å². The Bertz CT molecular complexity index is 182. The van der Waals surface area contributed by atoms with Crippen molar-refractivity contribution in [2.75, 3.05) is 52.6 Å². The fourth-order valence-corrected chi connectivity index (χ4v) is 0.944. The second-order valence-corrected chi connectivity index (χ2v) is 3.11. The van der Waals surface area contributed by atoms with E-state index in [0.717, 1.165) is 52.6 Å². The smallest absolute Gasteiger partial charge is 0.696 e. The second kappa shape index (κ2) is 26.5. The van der Waals surface area contributed by atoms with Gasteiger partial charge in [-0.1, -0.05) is 10.8 Å². The number of nitriles is 2. The molecule has 0 saturated carbocycles. The summed E-state index contributed by atoms with van der Waals surface area (Å²) in [6.07, 6.45) is 0. The maximum atomic E-state index is 7.13. The van der Waals surface area contributed by atoms with Crippen LogP contribution in [-0.2, 0) is 55.8 Å². The van der Waals surface area contributed by atoms with Crippen molar-refractivity contribution >= 4 is 25.3 Å². The van der Waals surface area contributed by atoms with E-state index in [1.807, 2.05) is 0 Å². The maximum Gasteiger partial charge on any atom is 4.00 e. The third-order valence-electron chi connectivity index (χ3n) is 1.57. The van der Waals surface area contributed by atoms with Crippen molar-refractivity contribution in [1.82, 2.24) is 0 Å². The van der Waals surface area contributed by atoms with Crippen molar-refractivity contribution in [2.24, 2.45) is 0 Å². The molecule has 0 N–H and O–H groups in total. The Morgan fingerprint density at radius 1 is 0.737 bits per heavy atom. The molecule has 0 radical (unpaired) electrons. The zero-order chi connectivity index (χ0) is 13.9. The Morgan fingerprint density at radius 3 is 1.00 bits per heavy atom. The van der Waals surface area contributed by atoms with Gasteiger partial charge in [0.05, 0.1) is 0 Å². The minimum absolute atomic E-state index is 0. The largest absolute Gasteiger partial charge is 4.00 e. The molecule has 2 heterocycles. The SMILES string of the molecule is C1COCC[N-]1.C1COCC[N-]1.N#C[S-].N#C[S-].[Pt+4]. The number of ether oxygens (including phenoxy) is 2. The molecule has 2 saturated heterocycles. The summed E-state index contributed by atoms with van der Waals surface area (Å²) >= 11 is 7.40. The minimum atomic E-state index is 0. The van der Waals surface area contributed by atoms with Gasteiger partial charge in [-0.05, 0) is 0 Å². The fraction of sp³-hybridized carbons (Fsp3) is 0.800. The Balaban J connectivity index is -0.000000188. The third-order valence-corrected chi connectivity index (χ3v) is 1.57. The molecule has 0 aliphatic carbocycles. The van der Waals surface area contributed by atoms with Crippen molar-refractivity contribution in [2.45, 2.75) is 0 Å². The van der Waals surface area contributed by atoms with Crippen LogP contribution >= 0.6 is 0 Å². The molecule has 110 valence electrons. The molecule has 2 aliphatic heterocycles. The molecule has 0 aromatic carbocycles. The van der Waals surface area contributed by atoms with E-state index in [0.29, 0.717) is 0 Å². The summed E-state index contributed by atoms with van der Waals surface area (Å²) in [5.41, 5.74) is 0. The molecule has 0 atom stereocenters. The van der Waals surface area contributed by atoms with Crippen LogP contribution in [0.15, 0.2) is 0 Å². The zero-order valence-electron chi connectivity index (χ0n) is 10.4. The van der Waals surface area contributed by atoms with Gasteiger partial charge < -0.3 is 45.4 Å². The van der Waals surface area contributed by atoms with Crippen LogP contribution in [0.25, 0.3) is 10.6 Å². The van der Waals surface area contributed by atoms with E-state index >= 15 is 0 Å². The number of hydrogen-bond acceptors (Lipinski definition) is 6. The van der Waals surface area contributed by atoms with Crippen LogP contribution in [0.3, 0.4) is 0 Å². The molecule has 19 heavy (non-hydrogen) atoms. The Labute approximate surface area is 140 Å². The van der Waals surface area contributed by atoms with Crippen LogP contribution in [0.5, 0.6) is 0 Å². The summed E-state index contributed by atoms with van der Waals surface area (Å²) in [5, 5.41) is 25.0. The van der Waals surface area contributed by atoms with E-state index in [2.05, 4.69) is 35.9 Å². The minimum Gasteiger partial charge on any atom is -0.696 e. The molecule has 0 spiro atoms. The van der Waals surface area contributed by atoms with E-state index < -0.39 is 0 Å². The van der Waals surface area contributed by atoms with Crippen molar-refractivity contribution in [3.8, 4) is 10.8 Å². The average Bonchev–Trinajstić information content (AvgIpc) is 2.45. The normalized spacial score (nSPS) is 15.9. The molecule has 0 amide bonds. The second-order valence-electron chi connectivity index (χ2n) is 2.75. The molecule has 9 heteroatoms. The first kappa shape index (κ1) is 24.0. The van der Waals surface area contributed by atoms with Crippen molar-refractivity contribution in [3.05, 3.63) is 10.6 Å². The van der Waals surface area contributed by atoms with Gasteiger partial charge in [-0.2, -0.15) is 0 Å². The number of nitrogens with zero attached hydrogens (tertiary/aromatic N) is 4. The molecular weight excluding hydrogens is 467 g/mol. The summed E-state index contributed by atoms with van der Waals surface area (Å²) in [5.74, 6) is 0. The summed E-state index contributed by atoms with van der Waals surface area (Å²) in [7, 11) is 0. The topological polar surface area (TPSA) is 94.2 Å². The molecule has 2 rings (SSSR count). The van der Waals surface area contributed by atoms with Gasteiger partial charge in [-0.15, -0.1) is 26.2 Å². The molecular formula is C10H16N4O2PtS2. The summed E-state index contributed by atoms with van der Waals surface area (Å²) in [4.78, 5) is 0. The Kier molecular flexibility index (Phi) is 33.5.